The molecule has 1 nitrogen and oxygen atoms in total. The molecule has 1 aromatic carbocycles. The molecule has 92 valence electrons. The number of nitrogens with zero attached hydrogens (tertiary/aromatic N) is 1. The molecule has 1 aliphatic rings. The molecular weight excluding hydrogens is 240 g/mol. The van der Waals surface area contributed by atoms with Gasteiger partial charge in [-0.1, -0.05) is 12.2 Å². The van der Waals surface area contributed by atoms with Crippen molar-refractivity contribution < 1.29 is 8.78 Å². The fraction of sp³-hybridized carbons (Fsp3) is 0.462. The minimum atomic E-state index is -0.540. The lowest BCUT2D eigenvalue weighted by Gasteiger charge is -2.29. The van der Waals surface area contributed by atoms with Crippen LogP contribution in [0.15, 0.2) is 18.2 Å². The van der Waals surface area contributed by atoms with Gasteiger partial charge in [-0.25, -0.2) is 8.78 Å². The summed E-state index contributed by atoms with van der Waals surface area (Å²) in [7, 11) is 0. The predicted octanol–water partition coefficient (Wildman–Crippen LogP) is 3.32. The molecule has 0 aliphatic carbocycles. The van der Waals surface area contributed by atoms with Gasteiger partial charge in [0.05, 0.1) is 4.99 Å². The highest BCUT2D eigenvalue weighted by Gasteiger charge is 2.14. The van der Waals surface area contributed by atoms with Crippen LogP contribution < -0.4 is 0 Å². The zero-order chi connectivity index (χ0) is 12.3. The molecule has 1 fully saturated rings. The van der Waals surface area contributed by atoms with E-state index in [1.165, 1.54) is 18.6 Å². The van der Waals surface area contributed by atoms with E-state index in [1.807, 2.05) is 0 Å². The van der Waals surface area contributed by atoms with Gasteiger partial charge in [0.2, 0.25) is 0 Å². The second-order valence-corrected chi connectivity index (χ2v) is 4.87. The van der Waals surface area contributed by atoms with Gasteiger partial charge in [-0.2, -0.15) is 0 Å². The Balaban J connectivity index is 2.01. The summed E-state index contributed by atoms with van der Waals surface area (Å²) in [6.07, 6.45) is 3.99. The standard InChI is InChI=1S/C13H15F2NS/c14-11-6-10(7-12(15)9-11)8-13(17)16-4-2-1-3-5-16/h6-7,9H,1-5,8H2. The zero-order valence-corrected chi connectivity index (χ0v) is 10.4. The lowest BCUT2D eigenvalue weighted by molar-refractivity contribution is 0.343. The van der Waals surface area contributed by atoms with E-state index in [2.05, 4.69) is 4.90 Å². The minimum Gasteiger partial charge on any atom is -0.366 e. The molecule has 0 spiro atoms. The molecule has 2 rings (SSSR count). The first-order valence-corrected chi connectivity index (χ1v) is 6.29. The van der Waals surface area contributed by atoms with Crippen molar-refractivity contribution in [2.45, 2.75) is 25.7 Å². The van der Waals surface area contributed by atoms with Crippen LogP contribution in [0.25, 0.3) is 0 Å². The largest absolute Gasteiger partial charge is 0.366 e. The van der Waals surface area contributed by atoms with E-state index in [0.29, 0.717) is 12.0 Å². The molecule has 1 aromatic rings. The van der Waals surface area contributed by atoms with Crippen molar-refractivity contribution >= 4 is 17.2 Å². The summed E-state index contributed by atoms with van der Waals surface area (Å²) in [6, 6.07) is 3.58. The van der Waals surface area contributed by atoms with Crippen LogP contribution >= 0.6 is 12.2 Å². The normalized spacial score (nSPS) is 16.0. The SMILES string of the molecule is Fc1cc(F)cc(CC(=S)N2CCCCC2)c1. The molecule has 0 amide bonds. The summed E-state index contributed by atoms with van der Waals surface area (Å²) in [5.41, 5.74) is 0.609. The first-order chi connectivity index (χ1) is 8.15. The maximum Gasteiger partial charge on any atom is 0.126 e. The smallest absolute Gasteiger partial charge is 0.126 e. The third kappa shape index (κ3) is 3.46. The van der Waals surface area contributed by atoms with Crippen LogP contribution in [0, 0.1) is 11.6 Å². The fourth-order valence-electron chi connectivity index (χ4n) is 2.14. The third-order valence-electron chi connectivity index (χ3n) is 2.99. The van der Waals surface area contributed by atoms with Crippen LogP contribution in [-0.2, 0) is 6.42 Å². The van der Waals surface area contributed by atoms with Crippen molar-refractivity contribution in [1.29, 1.82) is 0 Å². The second kappa shape index (κ2) is 5.54. The molecule has 0 atom stereocenters. The number of hydrogen-bond acceptors (Lipinski definition) is 1. The van der Waals surface area contributed by atoms with Gasteiger partial charge in [-0.3, -0.25) is 0 Å². The zero-order valence-electron chi connectivity index (χ0n) is 9.59. The molecule has 0 unspecified atom stereocenters. The summed E-state index contributed by atoms with van der Waals surface area (Å²) in [6.45, 7) is 1.94. The first-order valence-electron chi connectivity index (χ1n) is 5.88. The van der Waals surface area contributed by atoms with Crippen molar-refractivity contribution in [3.8, 4) is 0 Å². The number of piperidine rings is 1. The Kier molecular flexibility index (Phi) is 4.05. The Morgan fingerprint density at radius 1 is 1.06 bits per heavy atom. The molecule has 4 heteroatoms. The van der Waals surface area contributed by atoms with Crippen LogP contribution in [-0.4, -0.2) is 23.0 Å². The number of benzene rings is 1. The van der Waals surface area contributed by atoms with Crippen LogP contribution in [0.3, 0.4) is 0 Å². The summed E-state index contributed by atoms with van der Waals surface area (Å²) < 4.78 is 26.0. The van der Waals surface area contributed by atoms with Gasteiger partial charge in [0.25, 0.3) is 0 Å². The molecule has 1 aliphatic heterocycles. The van der Waals surface area contributed by atoms with Crippen LogP contribution in [0.5, 0.6) is 0 Å². The average Bonchev–Trinajstić information content (AvgIpc) is 2.28. The van der Waals surface area contributed by atoms with Crippen molar-refractivity contribution in [2.24, 2.45) is 0 Å². The Labute approximate surface area is 105 Å². The van der Waals surface area contributed by atoms with Gasteiger partial charge >= 0.3 is 0 Å². The molecule has 0 saturated carbocycles. The number of halogens is 2. The summed E-state index contributed by atoms with van der Waals surface area (Å²) in [5, 5.41) is 0. The van der Waals surface area contributed by atoms with E-state index < -0.39 is 11.6 Å². The minimum absolute atomic E-state index is 0.448. The number of hydrogen-bond donors (Lipinski definition) is 0. The van der Waals surface area contributed by atoms with E-state index in [1.54, 1.807) is 0 Å². The number of rotatable bonds is 2. The number of likely N-dealkylation sites (tertiary alicyclic amines) is 1. The van der Waals surface area contributed by atoms with E-state index in [9.17, 15) is 8.78 Å². The topological polar surface area (TPSA) is 3.24 Å². The number of thiocarbonyl (C=S) groups is 1. The lowest BCUT2D eigenvalue weighted by atomic mass is 10.1. The van der Waals surface area contributed by atoms with Gasteiger partial charge in [-0.15, -0.1) is 0 Å². The van der Waals surface area contributed by atoms with Gasteiger partial charge in [0.1, 0.15) is 11.6 Å². The van der Waals surface area contributed by atoms with Gasteiger partial charge < -0.3 is 4.90 Å². The molecule has 0 aromatic heterocycles. The van der Waals surface area contributed by atoms with Crippen LogP contribution in [0.1, 0.15) is 24.8 Å². The fourth-order valence-corrected chi connectivity index (χ4v) is 2.49. The first kappa shape index (κ1) is 12.4. The van der Waals surface area contributed by atoms with E-state index in [-0.39, 0.29) is 0 Å². The van der Waals surface area contributed by atoms with Gasteiger partial charge in [0.15, 0.2) is 0 Å². The van der Waals surface area contributed by atoms with Crippen LogP contribution in [0.4, 0.5) is 8.78 Å². The molecule has 0 N–H and O–H groups in total. The Morgan fingerprint density at radius 2 is 1.65 bits per heavy atom. The Bertz CT molecular complexity index is 394. The Morgan fingerprint density at radius 3 is 2.24 bits per heavy atom. The van der Waals surface area contributed by atoms with E-state index in [0.717, 1.165) is 37.0 Å². The highest BCUT2D eigenvalue weighted by atomic mass is 32.1. The molecule has 1 heterocycles. The molecule has 0 bridgehead atoms. The van der Waals surface area contributed by atoms with Crippen LogP contribution in [0.2, 0.25) is 0 Å². The van der Waals surface area contributed by atoms with Crippen molar-refractivity contribution in [1.82, 2.24) is 4.90 Å². The van der Waals surface area contributed by atoms with E-state index >= 15 is 0 Å². The maximum absolute atomic E-state index is 13.0. The lowest BCUT2D eigenvalue weighted by Crippen LogP contribution is -2.35. The molecular formula is C13H15F2NS. The summed E-state index contributed by atoms with van der Waals surface area (Å²) in [4.78, 5) is 2.93. The van der Waals surface area contributed by atoms with Crippen molar-refractivity contribution in [3.05, 3.63) is 35.4 Å². The maximum atomic E-state index is 13.0. The predicted molar refractivity (Wildman–Crippen MR) is 68.1 cm³/mol. The molecule has 0 radical (unpaired) electrons. The third-order valence-corrected chi connectivity index (χ3v) is 3.39. The quantitative estimate of drug-likeness (QED) is 0.746. The highest BCUT2D eigenvalue weighted by Crippen LogP contribution is 2.14. The Hall–Kier alpha value is -1.03. The second-order valence-electron chi connectivity index (χ2n) is 4.40. The monoisotopic (exact) mass is 255 g/mol. The van der Waals surface area contributed by atoms with Gasteiger partial charge in [0, 0.05) is 25.6 Å². The van der Waals surface area contributed by atoms with E-state index in [4.69, 9.17) is 12.2 Å². The molecule has 17 heavy (non-hydrogen) atoms. The average molecular weight is 255 g/mol. The summed E-state index contributed by atoms with van der Waals surface area (Å²) >= 11 is 5.32. The highest BCUT2D eigenvalue weighted by molar-refractivity contribution is 7.80. The van der Waals surface area contributed by atoms with Gasteiger partial charge in [-0.05, 0) is 37.0 Å². The summed E-state index contributed by atoms with van der Waals surface area (Å²) in [5.74, 6) is -1.08. The van der Waals surface area contributed by atoms with Crippen molar-refractivity contribution in [3.63, 3.8) is 0 Å². The van der Waals surface area contributed by atoms with Crippen molar-refractivity contribution in [2.75, 3.05) is 13.1 Å². The molecule has 1 saturated heterocycles.